The van der Waals surface area contributed by atoms with Crippen molar-refractivity contribution in [2.75, 3.05) is 19.7 Å². The molecule has 4 nitrogen and oxygen atoms in total. The molecule has 2 aliphatic heterocycles. The standard InChI is InChI=1S/C12H24N2O2S/c1-11(2,3)17(15)14-10-4-9-16-12(10)5-7-13-8-6-12/h10,13-14H,4-9H2,1-3H3/t10-,17?/m1/s1. The molecule has 0 aromatic heterocycles. The first-order chi connectivity index (χ1) is 7.94. The molecule has 5 heteroatoms. The van der Waals surface area contributed by atoms with Crippen LogP contribution in [0.4, 0.5) is 0 Å². The molecule has 1 spiro atoms. The molecule has 17 heavy (non-hydrogen) atoms. The second-order valence-corrected chi connectivity index (χ2v) is 8.00. The highest BCUT2D eigenvalue weighted by molar-refractivity contribution is 7.84. The van der Waals surface area contributed by atoms with E-state index in [0.717, 1.165) is 39.0 Å². The van der Waals surface area contributed by atoms with Crippen LogP contribution in [0.2, 0.25) is 0 Å². The Labute approximate surface area is 106 Å². The number of ether oxygens (including phenoxy) is 1. The first-order valence-corrected chi connectivity index (χ1v) is 7.62. The molecule has 2 saturated heterocycles. The highest BCUT2D eigenvalue weighted by Crippen LogP contribution is 2.34. The molecule has 2 heterocycles. The van der Waals surface area contributed by atoms with Crippen molar-refractivity contribution in [1.82, 2.24) is 10.0 Å². The summed E-state index contributed by atoms with van der Waals surface area (Å²) in [7, 11) is -1.01. The van der Waals surface area contributed by atoms with Gasteiger partial charge in [-0.05, 0) is 53.1 Å². The average molecular weight is 260 g/mol. The summed E-state index contributed by atoms with van der Waals surface area (Å²) in [4.78, 5) is 0. The summed E-state index contributed by atoms with van der Waals surface area (Å²) < 4.78 is 21.2. The van der Waals surface area contributed by atoms with Gasteiger partial charge in [0.2, 0.25) is 0 Å². The lowest BCUT2D eigenvalue weighted by Gasteiger charge is -2.39. The van der Waals surface area contributed by atoms with Crippen molar-refractivity contribution in [3.63, 3.8) is 0 Å². The molecule has 0 saturated carbocycles. The van der Waals surface area contributed by atoms with Gasteiger partial charge in [-0.1, -0.05) is 0 Å². The highest BCUT2D eigenvalue weighted by atomic mass is 32.2. The Morgan fingerprint density at radius 2 is 2.00 bits per heavy atom. The van der Waals surface area contributed by atoms with Gasteiger partial charge in [0.1, 0.15) is 0 Å². The zero-order valence-electron chi connectivity index (χ0n) is 11.0. The van der Waals surface area contributed by atoms with E-state index in [2.05, 4.69) is 10.0 Å². The molecule has 0 aromatic carbocycles. The lowest BCUT2D eigenvalue weighted by Crippen LogP contribution is -2.55. The summed E-state index contributed by atoms with van der Waals surface area (Å²) in [6.07, 6.45) is 3.01. The number of piperidine rings is 1. The van der Waals surface area contributed by atoms with E-state index < -0.39 is 11.0 Å². The predicted octanol–water partition coefficient (Wildman–Crippen LogP) is 0.949. The van der Waals surface area contributed by atoms with E-state index in [1.165, 1.54) is 0 Å². The summed E-state index contributed by atoms with van der Waals surface area (Å²) in [6, 6.07) is 0.240. The Balaban J connectivity index is 2.02. The Kier molecular flexibility index (Phi) is 3.92. The van der Waals surface area contributed by atoms with Crippen LogP contribution in [0.3, 0.4) is 0 Å². The van der Waals surface area contributed by atoms with E-state index in [-0.39, 0.29) is 16.4 Å². The summed E-state index contributed by atoms with van der Waals surface area (Å²) in [6.45, 7) is 8.79. The molecule has 2 aliphatic rings. The fourth-order valence-electron chi connectivity index (χ4n) is 2.56. The lowest BCUT2D eigenvalue weighted by atomic mass is 9.86. The van der Waals surface area contributed by atoms with Crippen molar-refractivity contribution in [3.05, 3.63) is 0 Å². The molecule has 2 atom stereocenters. The quantitative estimate of drug-likeness (QED) is 0.777. The Morgan fingerprint density at radius 1 is 1.35 bits per heavy atom. The van der Waals surface area contributed by atoms with Crippen LogP contribution < -0.4 is 10.0 Å². The van der Waals surface area contributed by atoms with Gasteiger partial charge in [0.25, 0.3) is 0 Å². The summed E-state index contributed by atoms with van der Waals surface area (Å²) in [5, 5.41) is 3.36. The fraction of sp³-hybridized carbons (Fsp3) is 1.00. The smallest absolute Gasteiger partial charge is 0.0973 e. The van der Waals surface area contributed by atoms with E-state index in [1.807, 2.05) is 20.8 Å². The van der Waals surface area contributed by atoms with E-state index in [4.69, 9.17) is 4.74 Å². The van der Waals surface area contributed by atoms with Gasteiger partial charge >= 0.3 is 0 Å². The number of nitrogens with one attached hydrogen (secondary N) is 2. The van der Waals surface area contributed by atoms with Crippen LogP contribution in [0, 0.1) is 0 Å². The normalized spacial score (nSPS) is 30.6. The molecule has 2 rings (SSSR count). The average Bonchev–Trinajstić information content (AvgIpc) is 2.61. The van der Waals surface area contributed by atoms with Gasteiger partial charge in [-0.3, -0.25) is 0 Å². The largest absolute Gasteiger partial charge is 0.373 e. The summed E-state index contributed by atoms with van der Waals surface area (Å²) in [5.41, 5.74) is -0.0772. The van der Waals surface area contributed by atoms with Crippen molar-refractivity contribution in [2.45, 2.75) is 56.4 Å². The van der Waals surface area contributed by atoms with Crippen molar-refractivity contribution in [2.24, 2.45) is 0 Å². The molecule has 1 unspecified atom stereocenters. The van der Waals surface area contributed by atoms with Crippen LogP contribution in [0.15, 0.2) is 0 Å². The van der Waals surface area contributed by atoms with Gasteiger partial charge in [0.05, 0.1) is 27.4 Å². The van der Waals surface area contributed by atoms with Crippen molar-refractivity contribution >= 4 is 11.0 Å². The third-order valence-electron chi connectivity index (χ3n) is 3.69. The SMILES string of the molecule is CC(C)(C)S(=O)N[C@@H]1CCOC12CCNCC2. The van der Waals surface area contributed by atoms with Crippen LogP contribution in [-0.2, 0) is 15.7 Å². The minimum atomic E-state index is -1.01. The molecular weight excluding hydrogens is 236 g/mol. The number of hydrogen-bond acceptors (Lipinski definition) is 3. The van der Waals surface area contributed by atoms with Crippen molar-refractivity contribution in [3.8, 4) is 0 Å². The van der Waals surface area contributed by atoms with Crippen LogP contribution in [0.25, 0.3) is 0 Å². The molecular formula is C12H24N2O2S. The highest BCUT2D eigenvalue weighted by Gasteiger charge is 2.46. The summed E-state index contributed by atoms with van der Waals surface area (Å²) >= 11 is 0. The van der Waals surface area contributed by atoms with Crippen LogP contribution in [0.5, 0.6) is 0 Å². The zero-order chi connectivity index (χ0) is 12.5. The van der Waals surface area contributed by atoms with Gasteiger partial charge in [0.15, 0.2) is 0 Å². The molecule has 2 fully saturated rings. The van der Waals surface area contributed by atoms with E-state index in [9.17, 15) is 4.21 Å². The first-order valence-electron chi connectivity index (χ1n) is 6.47. The Hall–Kier alpha value is 0.0300. The lowest BCUT2D eigenvalue weighted by molar-refractivity contribution is -0.0298. The topological polar surface area (TPSA) is 50.4 Å². The fourth-order valence-corrected chi connectivity index (χ4v) is 3.50. The van der Waals surface area contributed by atoms with Crippen molar-refractivity contribution in [1.29, 1.82) is 0 Å². The van der Waals surface area contributed by atoms with Gasteiger partial charge in [0, 0.05) is 6.61 Å². The molecule has 0 amide bonds. The molecule has 0 bridgehead atoms. The predicted molar refractivity (Wildman–Crippen MR) is 70.2 cm³/mol. The van der Waals surface area contributed by atoms with Gasteiger partial charge in [-0.2, -0.15) is 0 Å². The third kappa shape index (κ3) is 2.89. The third-order valence-corrected chi connectivity index (χ3v) is 5.30. The maximum atomic E-state index is 12.2. The van der Waals surface area contributed by atoms with Crippen LogP contribution in [0.1, 0.15) is 40.0 Å². The van der Waals surface area contributed by atoms with Crippen molar-refractivity contribution < 1.29 is 8.95 Å². The van der Waals surface area contributed by atoms with E-state index in [1.54, 1.807) is 0 Å². The second kappa shape index (κ2) is 4.96. The monoisotopic (exact) mass is 260 g/mol. The zero-order valence-corrected chi connectivity index (χ0v) is 11.9. The Morgan fingerprint density at radius 3 is 2.59 bits per heavy atom. The molecule has 0 aromatic rings. The summed E-state index contributed by atoms with van der Waals surface area (Å²) in [5.74, 6) is 0. The van der Waals surface area contributed by atoms with E-state index in [0.29, 0.717) is 0 Å². The van der Waals surface area contributed by atoms with Gasteiger partial charge < -0.3 is 10.1 Å². The van der Waals surface area contributed by atoms with Gasteiger partial charge in [-0.15, -0.1) is 0 Å². The van der Waals surface area contributed by atoms with Crippen LogP contribution in [-0.4, -0.2) is 40.3 Å². The number of rotatable bonds is 2. The van der Waals surface area contributed by atoms with Gasteiger partial charge in [-0.25, -0.2) is 8.93 Å². The molecule has 2 N–H and O–H groups in total. The molecule has 0 radical (unpaired) electrons. The Bertz CT molecular complexity index is 295. The molecule has 100 valence electrons. The van der Waals surface area contributed by atoms with E-state index >= 15 is 0 Å². The molecule has 0 aliphatic carbocycles. The maximum absolute atomic E-state index is 12.2. The minimum Gasteiger partial charge on any atom is -0.373 e. The second-order valence-electron chi connectivity index (χ2n) is 6.00. The maximum Gasteiger partial charge on any atom is 0.0973 e. The minimum absolute atomic E-state index is 0.0772. The number of hydrogen-bond donors (Lipinski definition) is 2. The first kappa shape index (κ1) is 13.5. The van der Waals surface area contributed by atoms with Crippen LogP contribution >= 0.6 is 0 Å².